The topological polar surface area (TPSA) is 66.6 Å². The number of benzene rings is 2. The Morgan fingerprint density at radius 2 is 1.82 bits per heavy atom. The third-order valence-corrected chi connectivity index (χ3v) is 4.99. The molecule has 28 heavy (non-hydrogen) atoms. The SMILES string of the molecule is O=C1NN=C(Cc2ccccc2)/C1=C\c1cn(CCCCO)c2ccccc12. The van der Waals surface area contributed by atoms with Crippen LogP contribution in [0.2, 0.25) is 0 Å². The molecule has 1 aliphatic heterocycles. The van der Waals surface area contributed by atoms with Crippen molar-refractivity contribution in [3.05, 3.63) is 77.5 Å². The molecule has 0 radical (unpaired) electrons. The maximum absolute atomic E-state index is 12.4. The van der Waals surface area contributed by atoms with Gasteiger partial charge in [0.05, 0.1) is 11.3 Å². The minimum atomic E-state index is -0.164. The van der Waals surface area contributed by atoms with E-state index in [-0.39, 0.29) is 12.5 Å². The summed E-state index contributed by atoms with van der Waals surface area (Å²) in [5, 5.41) is 14.4. The number of aliphatic hydroxyl groups excluding tert-OH is 1. The molecule has 1 aliphatic rings. The highest BCUT2D eigenvalue weighted by molar-refractivity contribution is 6.28. The largest absolute Gasteiger partial charge is 0.396 e. The molecule has 2 aromatic carbocycles. The van der Waals surface area contributed by atoms with Crippen LogP contribution in [0.4, 0.5) is 0 Å². The van der Waals surface area contributed by atoms with Crippen LogP contribution in [0.15, 0.2) is 71.5 Å². The Morgan fingerprint density at radius 1 is 1.04 bits per heavy atom. The molecule has 0 saturated heterocycles. The Balaban J connectivity index is 1.68. The first-order valence-electron chi connectivity index (χ1n) is 9.58. The summed E-state index contributed by atoms with van der Waals surface area (Å²) in [6.45, 7) is 1.04. The third-order valence-electron chi connectivity index (χ3n) is 4.99. The fourth-order valence-electron chi connectivity index (χ4n) is 3.57. The van der Waals surface area contributed by atoms with Crippen LogP contribution in [-0.2, 0) is 17.8 Å². The summed E-state index contributed by atoms with van der Waals surface area (Å²) >= 11 is 0. The molecule has 0 fully saturated rings. The van der Waals surface area contributed by atoms with Crippen molar-refractivity contribution < 1.29 is 9.90 Å². The zero-order valence-electron chi connectivity index (χ0n) is 15.6. The number of para-hydroxylation sites is 1. The van der Waals surface area contributed by atoms with Crippen molar-refractivity contribution >= 4 is 28.6 Å². The second-order valence-corrected chi connectivity index (χ2v) is 6.95. The van der Waals surface area contributed by atoms with Crippen molar-refractivity contribution in [3.63, 3.8) is 0 Å². The first-order valence-corrected chi connectivity index (χ1v) is 9.58. The number of fused-ring (bicyclic) bond motifs is 1. The average molecular weight is 373 g/mol. The predicted octanol–water partition coefficient (Wildman–Crippen LogP) is 3.53. The fraction of sp³-hybridized carbons (Fsp3) is 0.217. The molecular weight excluding hydrogens is 350 g/mol. The van der Waals surface area contributed by atoms with Gasteiger partial charge in [0, 0.05) is 42.2 Å². The van der Waals surface area contributed by atoms with E-state index < -0.39 is 0 Å². The number of nitrogens with one attached hydrogen (secondary N) is 1. The number of aliphatic hydroxyl groups is 1. The number of amides is 1. The van der Waals surface area contributed by atoms with E-state index in [1.165, 1.54) is 0 Å². The van der Waals surface area contributed by atoms with Crippen LogP contribution in [-0.4, -0.2) is 27.9 Å². The van der Waals surface area contributed by atoms with Crippen molar-refractivity contribution in [2.45, 2.75) is 25.8 Å². The van der Waals surface area contributed by atoms with Crippen LogP contribution >= 0.6 is 0 Å². The van der Waals surface area contributed by atoms with Gasteiger partial charge in [0.25, 0.3) is 5.91 Å². The van der Waals surface area contributed by atoms with Crippen LogP contribution in [0.3, 0.4) is 0 Å². The molecule has 0 spiro atoms. The smallest absolute Gasteiger partial charge is 0.273 e. The number of aromatic nitrogens is 1. The number of hydrogen-bond donors (Lipinski definition) is 2. The molecule has 3 aromatic rings. The fourth-order valence-corrected chi connectivity index (χ4v) is 3.57. The van der Waals surface area contributed by atoms with Crippen molar-refractivity contribution in [1.29, 1.82) is 0 Å². The van der Waals surface area contributed by atoms with E-state index in [2.05, 4.69) is 33.4 Å². The molecule has 1 aromatic heterocycles. The number of aryl methyl sites for hydroxylation is 1. The van der Waals surface area contributed by atoms with Crippen LogP contribution < -0.4 is 5.43 Å². The molecule has 4 rings (SSSR count). The molecule has 5 nitrogen and oxygen atoms in total. The maximum Gasteiger partial charge on any atom is 0.273 e. The van der Waals surface area contributed by atoms with Crippen LogP contribution in [0.25, 0.3) is 17.0 Å². The lowest BCUT2D eigenvalue weighted by molar-refractivity contribution is -0.116. The second kappa shape index (κ2) is 8.23. The van der Waals surface area contributed by atoms with Crippen molar-refractivity contribution in [3.8, 4) is 0 Å². The lowest BCUT2D eigenvalue weighted by Crippen LogP contribution is -2.13. The molecule has 0 saturated carbocycles. The van der Waals surface area contributed by atoms with Gasteiger partial charge in [-0.1, -0.05) is 48.5 Å². The maximum atomic E-state index is 12.4. The van der Waals surface area contributed by atoms with Gasteiger partial charge in [-0.05, 0) is 30.5 Å². The molecule has 2 N–H and O–H groups in total. The summed E-state index contributed by atoms with van der Waals surface area (Å²) in [6, 6.07) is 18.2. The first-order chi connectivity index (χ1) is 13.8. The van der Waals surface area contributed by atoms with E-state index >= 15 is 0 Å². The Labute approximate surface area is 164 Å². The van der Waals surface area contributed by atoms with E-state index in [1.807, 2.05) is 48.5 Å². The summed E-state index contributed by atoms with van der Waals surface area (Å²) in [5.41, 5.74) is 7.23. The number of hydrazone groups is 1. The summed E-state index contributed by atoms with van der Waals surface area (Å²) in [5.74, 6) is -0.164. The standard InChI is InChI=1S/C23H23N3O2/c27-13-7-6-12-26-16-18(19-10-4-5-11-22(19)26)15-20-21(24-25-23(20)28)14-17-8-2-1-3-9-17/h1-5,8-11,15-16,27H,6-7,12-14H2,(H,25,28)/b20-15+. The number of unbranched alkanes of at least 4 members (excludes halogenated alkanes) is 1. The molecule has 0 unspecified atom stereocenters. The van der Waals surface area contributed by atoms with Gasteiger partial charge in [0.15, 0.2) is 0 Å². The molecule has 2 heterocycles. The Hall–Kier alpha value is -3.18. The number of carbonyl (C=O) groups excluding carboxylic acids is 1. The van der Waals surface area contributed by atoms with Gasteiger partial charge in [0.2, 0.25) is 0 Å². The van der Waals surface area contributed by atoms with Crippen molar-refractivity contribution in [1.82, 2.24) is 9.99 Å². The number of rotatable bonds is 7. The Kier molecular flexibility index (Phi) is 5.35. The lowest BCUT2D eigenvalue weighted by Gasteiger charge is -2.03. The molecule has 5 heteroatoms. The highest BCUT2D eigenvalue weighted by Crippen LogP contribution is 2.25. The third kappa shape index (κ3) is 3.75. The van der Waals surface area contributed by atoms with E-state index in [4.69, 9.17) is 5.11 Å². The average Bonchev–Trinajstić information content (AvgIpc) is 3.25. The highest BCUT2D eigenvalue weighted by Gasteiger charge is 2.23. The van der Waals surface area contributed by atoms with Gasteiger partial charge in [-0.15, -0.1) is 0 Å². The normalized spacial score (nSPS) is 15.2. The first kappa shape index (κ1) is 18.2. The van der Waals surface area contributed by atoms with E-state index in [1.54, 1.807) is 0 Å². The predicted molar refractivity (Wildman–Crippen MR) is 112 cm³/mol. The van der Waals surface area contributed by atoms with Gasteiger partial charge in [-0.25, -0.2) is 5.43 Å². The summed E-state index contributed by atoms with van der Waals surface area (Å²) in [4.78, 5) is 12.4. The Bertz CT molecular complexity index is 1050. The monoisotopic (exact) mass is 373 g/mol. The highest BCUT2D eigenvalue weighted by atomic mass is 16.2. The summed E-state index contributed by atoms with van der Waals surface area (Å²) in [6.07, 6.45) is 6.32. The second-order valence-electron chi connectivity index (χ2n) is 6.95. The van der Waals surface area contributed by atoms with E-state index in [0.29, 0.717) is 12.0 Å². The molecule has 142 valence electrons. The quantitative estimate of drug-likeness (QED) is 0.491. The van der Waals surface area contributed by atoms with Gasteiger partial charge in [0.1, 0.15) is 0 Å². The van der Waals surface area contributed by atoms with Crippen LogP contribution in [0.1, 0.15) is 24.0 Å². The van der Waals surface area contributed by atoms with Crippen LogP contribution in [0.5, 0.6) is 0 Å². The van der Waals surface area contributed by atoms with Crippen molar-refractivity contribution in [2.24, 2.45) is 5.10 Å². The Morgan fingerprint density at radius 3 is 2.64 bits per heavy atom. The minimum Gasteiger partial charge on any atom is -0.396 e. The molecule has 0 atom stereocenters. The van der Waals surface area contributed by atoms with Gasteiger partial charge in [-0.2, -0.15) is 5.10 Å². The number of nitrogens with zero attached hydrogens (tertiary/aromatic N) is 2. The molecular formula is C23H23N3O2. The molecule has 0 bridgehead atoms. The summed E-state index contributed by atoms with van der Waals surface area (Å²) in [7, 11) is 0. The summed E-state index contributed by atoms with van der Waals surface area (Å²) < 4.78 is 2.19. The lowest BCUT2D eigenvalue weighted by atomic mass is 10.0. The van der Waals surface area contributed by atoms with Crippen LogP contribution in [0, 0.1) is 0 Å². The number of hydrogen-bond acceptors (Lipinski definition) is 3. The van der Waals surface area contributed by atoms with Crippen molar-refractivity contribution in [2.75, 3.05) is 6.61 Å². The van der Waals surface area contributed by atoms with Gasteiger partial charge >= 0.3 is 0 Å². The zero-order valence-corrected chi connectivity index (χ0v) is 15.6. The minimum absolute atomic E-state index is 0.164. The van der Waals surface area contributed by atoms with Gasteiger partial charge in [-0.3, -0.25) is 4.79 Å². The molecule has 0 aliphatic carbocycles. The molecule has 1 amide bonds. The van der Waals surface area contributed by atoms with E-state index in [0.717, 1.165) is 47.1 Å². The van der Waals surface area contributed by atoms with Gasteiger partial charge < -0.3 is 9.67 Å². The number of carbonyl (C=O) groups is 1. The zero-order chi connectivity index (χ0) is 19.3. The van der Waals surface area contributed by atoms with E-state index in [9.17, 15) is 4.79 Å².